The number of ketones is 1. The maximum Gasteiger partial charge on any atom is 0.412 e. The van der Waals surface area contributed by atoms with Crippen LogP contribution in [0, 0.1) is 0 Å². The first-order valence-corrected chi connectivity index (χ1v) is 5.68. The standard InChI is InChI=1S/C13H15NO4/c1-9(15)12(17-2)14-11(8-18-13(14)16)10-6-4-3-5-7-10/h3-7,11-12H,8H2,1-2H3/t11-,12+/m0/s1. The molecule has 1 fully saturated rings. The van der Waals surface area contributed by atoms with Crippen LogP contribution in [-0.4, -0.2) is 36.7 Å². The molecule has 1 heterocycles. The van der Waals surface area contributed by atoms with Crippen LogP contribution in [0.2, 0.25) is 0 Å². The first-order valence-electron chi connectivity index (χ1n) is 5.68. The highest BCUT2D eigenvalue weighted by atomic mass is 16.6. The molecule has 1 amide bonds. The third-order valence-corrected chi connectivity index (χ3v) is 2.92. The fraction of sp³-hybridized carbons (Fsp3) is 0.385. The van der Waals surface area contributed by atoms with Gasteiger partial charge in [0.15, 0.2) is 12.0 Å². The summed E-state index contributed by atoms with van der Waals surface area (Å²) in [6.45, 7) is 1.62. The predicted molar refractivity (Wildman–Crippen MR) is 63.8 cm³/mol. The Bertz CT molecular complexity index is 446. The maximum atomic E-state index is 11.7. The zero-order chi connectivity index (χ0) is 13.1. The predicted octanol–water partition coefficient (Wildman–Crippen LogP) is 1.74. The molecule has 1 aliphatic heterocycles. The monoisotopic (exact) mass is 249 g/mol. The molecule has 96 valence electrons. The van der Waals surface area contributed by atoms with E-state index in [1.165, 1.54) is 18.9 Å². The molecule has 1 aromatic rings. The van der Waals surface area contributed by atoms with Gasteiger partial charge >= 0.3 is 6.09 Å². The van der Waals surface area contributed by atoms with Crippen molar-refractivity contribution < 1.29 is 19.1 Å². The van der Waals surface area contributed by atoms with Crippen molar-refractivity contribution in [3.8, 4) is 0 Å². The summed E-state index contributed by atoms with van der Waals surface area (Å²) in [6, 6.07) is 9.16. The minimum atomic E-state index is -0.898. The Kier molecular flexibility index (Phi) is 3.62. The van der Waals surface area contributed by atoms with Gasteiger partial charge in [-0.05, 0) is 12.5 Å². The Morgan fingerprint density at radius 2 is 2.11 bits per heavy atom. The topological polar surface area (TPSA) is 55.8 Å². The van der Waals surface area contributed by atoms with Crippen LogP contribution in [0.15, 0.2) is 30.3 Å². The number of rotatable bonds is 4. The van der Waals surface area contributed by atoms with Gasteiger partial charge in [0.25, 0.3) is 0 Å². The van der Waals surface area contributed by atoms with E-state index in [0.717, 1.165) is 5.56 Å². The third-order valence-electron chi connectivity index (χ3n) is 2.92. The van der Waals surface area contributed by atoms with Crippen molar-refractivity contribution in [2.75, 3.05) is 13.7 Å². The van der Waals surface area contributed by atoms with E-state index in [-0.39, 0.29) is 18.4 Å². The van der Waals surface area contributed by atoms with Gasteiger partial charge in [-0.1, -0.05) is 30.3 Å². The Hall–Kier alpha value is -1.88. The molecule has 1 aliphatic rings. The molecule has 0 radical (unpaired) electrons. The Morgan fingerprint density at radius 1 is 1.44 bits per heavy atom. The molecule has 5 heteroatoms. The van der Waals surface area contributed by atoms with Gasteiger partial charge in [0.1, 0.15) is 6.61 Å². The maximum absolute atomic E-state index is 11.7. The second-order valence-electron chi connectivity index (χ2n) is 4.11. The molecule has 1 aromatic carbocycles. The lowest BCUT2D eigenvalue weighted by atomic mass is 10.1. The molecular weight excluding hydrogens is 234 g/mol. The highest BCUT2D eigenvalue weighted by Crippen LogP contribution is 2.30. The summed E-state index contributed by atoms with van der Waals surface area (Å²) in [7, 11) is 1.40. The van der Waals surface area contributed by atoms with Gasteiger partial charge in [0.05, 0.1) is 6.04 Å². The van der Waals surface area contributed by atoms with Crippen molar-refractivity contribution in [1.29, 1.82) is 0 Å². The number of methoxy groups -OCH3 is 1. The second kappa shape index (κ2) is 5.18. The van der Waals surface area contributed by atoms with Crippen molar-refractivity contribution in [3.63, 3.8) is 0 Å². The number of hydrogen-bond donors (Lipinski definition) is 0. The number of amides is 1. The minimum absolute atomic E-state index is 0.225. The van der Waals surface area contributed by atoms with E-state index in [1.807, 2.05) is 30.3 Å². The molecular formula is C13H15NO4. The summed E-state index contributed by atoms with van der Waals surface area (Å²) < 4.78 is 10.1. The molecule has 18 heavy (non-hydrogen) atoms. The lowest BCUT2D eigenvalue weighted by Crippen LogP contribution is -2.43. The largest absolute Gasteiger partial charge is 0.447 e. The molecule has 0 aromatic heterocycles. The van der Waals surface area contributed by atoms with Gasteiger partial charge in [0.2, 0.25) is 0 Å². The van der Waals surface area contributed by atoms with E-state index in [1.54, 1.807) is 0 Å². The van der Waals surface area contributed by atoms with Crippen molar-refractivity contribution in [2.45, 2.75) is 19.2 Å². The molecule has 0 unspecified atom stereocenters. The highest BCUT2D eigenvalue weighted by Gasteiger charge is 2.41. The zero-order valence-electron chi connectivity index (χ0n) is 10.3. The summed E-state index contributed by atoms with van der Waals surface area (Å²) in [5.74, 6) is -0.225. The molecule has 2 rings (SSSR count). The van der Waals surface area contributed by atoms with Gasteiger partial charge in [-0.3, -0.25) is 9.69 Å². The van der Waals surface area contributed by atoms with E-state index in [2.05, 4.69) is 0 Å². The number of ether oxygens (including phenoxy) is 2. The Balaban J connectivity index is 2.30. The number of cyclic esters (lactones) is 1. The van der Waals surface area contributed by atoms with Gasteiger partial charge < -0.3 is 9.47 Å². The lowest BCUT2D eigenvalue weighted by molar-refractivity contribution is -0.136. The van der Waals surface area contributed by atoms with E-state index in [4.69, 9.17) is 9.47 Å². The number of carbonyl (C=O) groups excluding carboxylic acids is 2. The summed E-state index contributed by atoms with van der Waals surface area (Å²) in [4.78, 5) is 24.6. The molecule has 0 aliphatic carbocycles. The molecule has 0 bridgehead atoms. The van der Waals surface area contributed by atoms with Crippen LogP contribution in [0.5, 0.6) is 0 Å². The van der Waals surface area contributed by atoms with Crippen LogP contribution in [0.1, 0.15) is 18.5 Å². The third kappa shape index (κ3) is 2.22. The van der Waals surface area contributed by atoms with E-state index in [0.29, 0.717) is 0 Å². The van der Waals surface area contributed by atoms with Crippen LogP contribution in [0.25, 0.3) is 0 Å². The number of benzene rings is 1. The quantitative estimate of drug-likeness (QED) is 0.815. The molecule has 0 spiro atoms. The molecule has 2 atom stereocenters. The first kappa shape index (κ1) is 12.6. The van der Waals surface area contributed by atoms with Gasteiger partial charge in [-0.2, -0.15) is 0 Å². The van der Waals surface area contributed by atoms with E-state index >= 15 is 0 Å². The highest BCUT2D eigenvalue weighted by molar-refractivity contribution is 5.85. The summed E-state index contributed by atoms with van der Waals surface area (Å²) in [5, 5.41) is 0. The second-order valence-corrected chi connectivity index (χ2v) is 4.11. The molecule has 0 saturated carbocycles. The van der Waals surface area contributed by atoms with E-state index < -0.39 is 12.3 Å². The SMILES string of the molecule is CO[C@H](C(C)=O)N1C(=O)OC[C@H]1c1ccccc1. The zero-order valence-corrected chi connectivity index (χ0v) is 10.3. The summed E-state index contributed by atoms with van der Waals surface area (Å²) >= 11 is 0. The number of nitrogens with zero attached hydrogens (tertiary/aromatic N) is 1. The van der Waals surface area contributed by atoms with Crippen molar-refractivity contribution in [1.82, 2.24) is 4.90 Å². The van der Waals surface area contributed by atoms with Crippen LogP contribution in [-0.2, 0) is 14.3 Å². The van der Waals surface area contributed by atoms with Gasteiger partial charge in [-0.25, -0.2) is 4.79 Å². The van der Waals surface area contributed by atoms with E-state index in [9.17, 15) is 9.59 Å². The average molecular weight is 249 g/mol. The lowest BCUT2D eigenvalue weighted by Gasteiger charge is -2.27. The molecule has 0 N–H and O–H groups in total. The summed E-state index contributed by atoms with van der Waals surface area (Å²) in [6.07, 6.45) is -1.42. The fourth-order valence-corrected chi connectivity index (χ4v) is 2.10. The van der Waals surface area contributed by atoms with Gasteiger partial charge in [0, 0.05) is 7.11 Å². The minimum Gasteiger partial charge on any atom is -0.447 e. The smallest absolute Gasteiger partial charge is 0.412 e. The fourth-order valence-electron chi connectivity index (χ4n) is 2.10. The Labute approximate surface area is 105 Å². The van der Waals surface area contributed by atoms with Gasteiger partial charge in [-0.15, -0.1) is 0 Å². The van der Waals surface area contributed by atoms with Crippen molar-refractivity contribution >= 4 is 11.9 Å². The Morgan fingerprint density at radius 3 is 2.67 bits per heavy atom. The molecule has 5 nitrogen and oxygen atoms in total. The van der Waals surface area contributed by atoms with Crippen LogP contribution >= 0.6 is 0 Å². The van der Waals surface area contributed by atoms with Crippen LogP contribution < -0.4 is 0 Å². The number of carbonyl (C=O) groups is 2. The van der Waals surface area contributed by atoms with Crippen LogP contribution in [0.4, 0.5) is 4.79 Å². The average Bonchev–Trinajstić information content (AvgIpc) is 2.74. The van der Waals surface area contributed by atoms with Crippen molar-refractivity contribution in [3.05, 3.63) is 35.9 Å². The number of Topliss-reactive ketones (excluding diaryl/α,β-unsaturated/α-hetero) is 1. The van der Waals surface area contributed by atoms with Crippen molar-refractivity contribution in [2.24, 2.45) is 0 Å². The number of hydrogen-bond acceptors (Lipinski definition) is 4. The molecule has 1 saturated heterocycles. The summed E-state index contributed by atoms with van der Waals surface area (Å²) in [5.41, 5.74) is 0.923. The first-order chi connectivity index (χ1) is 8.65. The normalized spacial score (nSPS) is 20.7. The van der Waals surface area contributed by atoms with Crippen LogP contribution in [0.3, 0.4) is 0 Å².